The molecule has 0 aromatic heterocycles. The summed E-state index contributed by atoms with van der Waals surface area (Å²) in [5.41, 5.74) is 0. The van der Waals surface area contributed by atoms with E-state index in [0.29, 0.717) is 0 Å². The van der Waals surface area contributed by atoms with Crippen LogP contribution in [0.1, 0.15) is 97.3 Å². The van der Waals surface area contributed by atoms with Gasteiger partial charge in [0.25, 0.3) is 0 Å². The highest BCUT2D eigenvalue weighted by molar-refractivity contribution is 5.31. The van der Waals surface area contributed by atoms with Crippen molar-refractivity contribution in [1.29, 1.82) is 0 Å². The normalized spacial score (nSPS) is 19.8. The number of hydrogen-bond acceptors (Lipinski definition) is 2. The van der Waals surface area contributed by atoms with Crippen LogP contribution in [-0.2, 0) is 0 Å². The Hall–Kier alpha value is -1.18. The predicted octanol–water partition coefficient (Wildman–Crippen LogP) is 7.80. The van der Waals surface area contributed by atoms with Crippen LogP contribution in [0.4, 0.5) is 0 Å². The van der Waals surface area contributed by atoms with Gasteiger partial charge in [-0.25, -0.2) is 0 Å². The molecule has 0 unspecified atom stereocenters. The molecule has 0 N–H and O–H groups in total. The van der Waals surface area contributed by atoms with Gasteiger partial charge in [0, 0.05) is 0 Å². The first-order valence-corrected chi connectivity index (χ1v) is 11.7. The van der Waals surface area contributed by atoms with Crippen molar-refractivity contribution in [3.8, 4) is 11.5 Å². The average Bonchev–Trinajstić information content (AvgIpc) is 2.70. The highest BCUT2D eigenvalue weighted by atomic mass is 16.5. The largest absolute Gasteiger partial charge is 0.494 e. The summed E-state index contributed by atoms with van der Waals surface area (Å²) in [4.78, 5) is 0. The van der Waals surface area contributed by atoms with E-state index in [1.807, 2.05) is 24.3 Å². The second-order valence-electron chi connectivity index (χ2n) is 8.40. The van der Waals surface area contributed by atoms with Gasteiger partial charge in [-0.15, -0.1) is 0 Å². The molecule has 0 saturated heterocycles. The molecule has 154 valence electrons. The van der Waals surface area contributed by atoms with Gasteiger partial charge in [0.05, 0.1) is 13.2 Å². The van der Waals surface area contributed by atoms with E-state index in [9.17, 15) is 0 Å². The highest BCUT2D eigenvalue weighted by Gasteiger charge is 2.20. The third-order valence-electron chi connectivity index (χ3n) is 6.03. The molecule has 0 bridgehead atoms. The molecular formula is C25H42O2. The zero-order valence-electron chi connectivity index (χ0n) is 17.9. The first-order chi connectivity index (χ1) is 13.3. The van der Waals surface area contributed by atoms with Crippen LogP contribution in [0.2, 0.25) is 0 Å². The Bertz CT molecular complexity index is 460. The molecule has 0 atom stereocenters. The first kappa shape index (κ1) is 22.1. The van der Waals surface area contributed by atoms with Crippen molar-refractivity contribution in [1.82, 2.24) is 0 Å². The smallest absolute Gasteiger partial charge is 0.119 e. The van der Waals surface area contributed by atoms with E-state index in [1.165, 1.54) is 77.0 Å². The number of hydrogen-bond donors (Lipinski definition) is 0. The minimum absolute atomic E-state index is 0.824. The van der Waals surface area contributed by atoms with Crippen LogP contribution in [0.25, 0.3) is 0 Å². The standard InChI is InChI=1S/C25H42O2/c1-3-5-6-7-8-20-26-24-16-18-25(19-17-24)27-21-9-11-23-14-12-22(10-4-2)13-15-23/h16-19,22-23H,3-15,20-21H2,1-2H3. The Labute approximate surface area is 168 Å². The summed E-state index contributed by atoms with van der Waals surface area (Å²) in [5, 5.41) is 0. The van der Waals surface area contributed by atoms with Crippen molar-refractivity contribution in [2.24, 2.45) is 11.8 Å². The molecular weight excluding hydrogens is 332 g/mol. The Balaban J connectivity index is 1.51. The molecule has 1 aromatic rings. The summed E-state index contributed by atoms with van der Waals surface area (Å²) >= 11 is 0. The van der Waals surface area contributed by atoms with Crippen molar-refractivity contribution in [3.63, 3.8) is 0 Å². The lowest BCUT2D eigenvalue weighted by molar-refractivity contribution is 0.230. The van der Waals surface area contributed by atoms with Crippen LogP contribution in [0, 0.1) is 11.8 Å². The minimum Gasteiger partial charge on any atom is -0.494 e. The fraction of sp³-hybridized carbons (Fsp3) is 0.760. The number of rotatable bonds is 14. The van der Waals surface area contributed by atoms with Gasteiger partial charge < -0.3 is 9.47 Å². The van der Waals surface area contributed by atoms with Crippen LogP contribution in [0.5, 0.6) is 11.5 Å². The van der Waals surface area contributed by atoms with Crippen molar-refractivity contribution in [3.05, 3.63) is 24.3 Å². The topological polar surface area (TPSA) is 18.5 Å². The zero-order chi connectivity index (χ0) is 19.2. The monoisotopic (exact) mass is 374 g/mol. The molecule has 0 radical (unpaired) electrons. The molecule has 1 aromatic carbocycles. The molecule has 0 aliphatic heterocycles. The molecule has 1 aliphatic rings. The Kier molecular flexibility index (Phi) is 11.4. The summed E-state index contributed by atoms with van der Waals surface area (Å²) in [7, 11) is 0. The predicted molar refractivity (Wildman–Crippen MR) is 116 cm³/mol. The Morgan fingerprint density at radius 2 is 1.15 bits per heavy atom. The highest BCUT2D eigenvalue weighted by Crippen LogP contribution is 2.33. The van der Waals surface area contributed by atoms with Gasteiger partial charge in [-0.05, 0) is 55.4 Å². The van der Waals surface area contributed by atoms with Crippen LogP contribution < -0.4 is 9.47 Å². The molecule has 1 fully saturated rings. The summed E-state index contributed by atoms with van der Waals surface area (Å²) < 4.78 is 11.7. The SMILES string of the molecule is CCCCCCCOc1ccc(OCCCC2CCC(CCC)CC2)cc1. The van der Waals surface area contributed by atoms with Crippen molar-refractivity contribution in [2.45, 2.75) is 97.3 Å². The van der Waals surface area contributed by atoms with Gasteiger partial charge in [-0.2, -0.15) is 0 Å². The molecule has 1 saturated carbocycles. The molecule has 0 heterocycles. The molecule has 27 heavy (non-hydrogen) atoms. The quantitative estimate of drug-likeness (QED) is 0.309. The van der Waals surface area contributed by atoms with Crippen LogP contribution in [0.15, 0.2) is 24.3 Å². The lowest BCUT2D eigenvalue weighted by Crippen LogP contribution is -2.15. The summed E-state index contributed by atoms with van der Waals surface area (Å²) in [5.74, 6) is 3.88. The zero-order valence-corrected chi connectivity index (χ0v) is 17.9. The fourth-order valence-electron chi connectivity index (χ4n) is 4.31. The van der Waals surface area contributed by atoms with Gasteiger partial charge in [0.1, 0.15) is 11.5 Å². The van der Waals surface area contributed by atoms with E-state index in [0.717, 1.165) is 43.0 Å². The van der Waals surface area contributed by atoms with Crippen LogP contribution in [-0.4, -0.2) is 13.2 Å². The summed E-state index contributed by atoms with van der Waals surface area (Å²) in [6.45, 7) is 6.23. The first-order valence-electron chi connectivity index (χ1n) is 11.7. The summed E-state index contributed by atoms with van der Waals surface area (Å²) in [6.07, 6.45) is 17.5. The van der Waals surface area contributed by atoms with Crippen molar-refractivity contribution < 1.29 is 9.47 Å². The van der Waals surface area contributed by atoms with E-state index in [2.05, 4.69) is 13.8 Å². The maximum Gasteiger partial charge on any atom is 0.119 e. The molecule has 0 spiro atoms. The number of unbranched alkanes of at least 4 members (excludes halogenated alkanes) is 4. The second kappa shape index (κ2) is 13.9. The molecule has 2 rings (SSSR count). The van der Waals surface area contributed by atoms with E-state index in [4.69, 9.17) is 9.47 Å². The molecule has 1 aliphatic carbocycles. The van der Waals surface area contributed by atoms with Gasteiger partial charge >= 0.3 is 0 Å². The van der Waals surface area contributed by atoms with E-state index in [-0.39, 0.29) is 0 Å². The molecule has 0 amide bonds. The third kappa shape index (κ3) is 9.53. The molecule has 2 nitrogen and oxygen atoms in total. The van der Waals surface area contributed by atoms with Crippen LogP contribution >= 0.6 is 0 Å². The molecule has 2 heteroatoms. The maximum atomic E-state index is 5.93. The van der Waals surface area contributed by atoms with Gasteiger partial charge in [-0.3, -0.25) is 0 Å². The lowest BCUT2D eigenvalue weighted by atomic mass is 9.78. The third-order valence-corrected chi connectivity index (χ3v) is 6.03. The Morgan fingerprint density at radius 1 is 0.630 bits per heavy atom. The lowest BCUT2D eigenvalue weighted by Gasteiger charge is -2.28. The van der Waals surface area contributed by atoms with E-state index in [1.54, 1.807) is 0 Å². The van der Waals surface area contributed by atoms with E-state index >= 15 is 0 Å². The summed E-state index contributed by atoms with van der Waals surface area (Å²) in [6, 6.07) is 8.16. The average molecular weight is 375 g/mol. The minimum atomic E-state index is 0.824. The second-order valence-corrected chi connectivity index (χ2v) is 8.40. The van der Waals surface area contributed by atoms with Gasteiger partial charge in [0.15, 0.2) is 0 Å². The van der Waals surface area contributed by atoms with Crippen LogP contribution in [0.3, 0.4) is 0 Å². The van der Waals surface area contributed by atoms with E-state index < -0.39 is 0 Å². The van der Waals surface area contributed by atoms with Gasteiger partial charge in [-0.1, -0.05) is 78.1 Å². The maximum absolute atomic E-state index is 5.93. The van der Waals surface area contributed by atoms with Gasteiger partial charge in [0.2, 0.25) is 0 Å². The number of ether oxygens (including phenoxy) is 2. The fourth-order valence-corrected chi connectivity index (χ4v) is 4.31. The van der Waals surface area contributed by atoms with Crippen molar-refractivity contribution >= 4 is 0 Å². The van der Waals surface area contributed by atoms with Crippen molar-refractivity contribution in [2.75, 3.05) is 13.2 Å². The Morgan fingerprint density at radius 3 is 1.70 bits per heavy atom. The number of benzene rings is 1.